The first kappa shape index (κ1) is 16.0. The number of nitrogens with one attached hydrogen (secondary N) is 1. The molecule has 0 radical (unpaired) electrons. The van der Waals surface area contributed by atoms with Gasteiger partial charge in [-0.15, -0.1) is 0 Å². The molecule has 1 atom stereocenters. The van der Waals surface area contributed by atoms with Crippen molar-refractivity contribution >= 4 is 0 Å². The molecule has 0 bridgehead atoms. The van der Waals surface area contributed by atoms with Gasteiger partial charge in [-0.3, -0.25) is 4.68 Å². The average molecular weight is 279 g/mol. The Morgan fingerprint density at radius 1 is 1.47 bits per heavy atom. The van der Waals surface area contributed by atoms with Gasteiger partial charge in [0.15, 0.2) is 0 Å². The highest BCUT2D eigenvalue weighted by Crippen LogP contribution is 2.18. The van der Waals surface area contributed by atoms with Gasteiger partial charge in [0.1, 0.15) is 6.61 Å². The Balaban J connectivity index is 2.42. The molecule has 0 aliphatic heterocycles. The lowest BCUT2D eigenvalue weighted by Crippen LogP contribution is -2.24. The lowest BCUT2D eigenvalue weighted by Gasteiger charge is -2.17. The zero-order chi connectivity index (χ0) is 14.3. The first-order valence-corrected chi connectivity index (χ1v) is 6.29. The number of hydrogen-bond donors (Lipinski definition) is 1. The number of aromatic nitrogens is 2. The van der Waals surface area contributed by atoms with Crippen LogP contribution < -0.4 is 5.32 Å². The number of nitrogens with zero attached hydrogens (tertiary/aromatic N) is 2. The van der Waals surface area contributed by atoms with E-state index >= 15 is 0 Å². The monoisotopic (exact) mass is 279 g/mol. The van der Waals surface area contributed by atoms with E-state index in [-0.39, 0.29) is 12.6 Å². The van der Waals surface area contributed by atoms with Crippen molar-refractivity contribution in [3.8, 4) is 0 Å². The molecular formula is C12H20F3N3O. The number of ether oxygens (including phenoxy) is 1. The third kappa shape index (κ3) is 6.58. The Kier molecular flexibility index (Phi) is 6.30. The quantitative estimate of drug-likeness (QED) is 0.743. The lowest BCUT2D eigenvalue weighted by molar-refractivity contribution is -0.174. The first-order valence-electron chi connectivity index (χ1n) is 6.29. The summed E-state index contributed by atoms with van der Waals surface area (Å²) in [4.78, 5) is 0. The molecular weight excluding hydrogens is 259 g/mol. The molecule has 0 aromatic carbocycles. The number of hydrogen-bond acceptors (Lipinski definition) is 3. The number of aryl methyl sites for hydroxylation is 1. The molecule has 1 rings (SSSR count). The molecule has 4 nitrogen and oxygen atoms in total. The van der Waals surface area contributed by atoms with Crippen molar-refractivity contribution in [1.29, 1.82) is 0 Å². The van der Waals surface area contributed by atoms with E-state index in [9.17, 15) is 13.2 Å². The highest BCUT2D eigenvalue weighted by molar-refractivity contribution is 5.10. The maximum Gasteiger partial charge on any atom is 0.411 e. The zero-order valence-corrected chi connectivity index (χ0v) is 11.2. The van der Waals surface area contributed by atoms with Gasteiger partial charge in [-0.2, -0.15) is 18.3 Å². The van der Waals surface area contributed by atoms with Gasteiger partial charge in [-0.25, -0.2) is 0 Å². The normalized spacial score (nSPS) is 13.7. The van der Waals surface area contributed by atoms with E-state index in [4.69, 9.17) is 0 Å². The second kappa shape index (κ2) is 7.49. The van der Waals surface area contributed by atoms with E-state index in [0.717, 1.165) is 18.5 Å². The summed E-state index contributed by atoms with van der Waals surface area (Å²) in [6, 6.07) is -0.0260. The molecule has 0 spiro atoms. The van der Waals surface area contributed by atoms with Crippen molar-refractivity contribution in [3.05, 3.63) is 18.0 Å². The molecule has 0 saturated carbocycles. The van der Waals surface area contributed by atoms with Crippen LogP contribution in [0.4, 0.5) is 13.2 Å². The maximum atomic E-state index is 12.0. The van der Waals surface area contributed by atoms with Crippen LogP contribution in [-0.2, 0) is 11.8 Å². The molecule has 110 valence electrons. The van der Waals surface area contributed by atoms with Crippen molar-refractivity contribution in [2.24, 2.45) is 7.05 Å². The van der Waals surface area contributed by atoms with Crippen LogP contribution in [0.5, 0.6) is 0 Å². The largest absolute Gasteiger partial charge is 0.411 e. The van der Waals surface area contributed by atoms with E-state index in [0.29, 0.717) is 6.42 Å². The van der Waals surface area contributed by atoms with Crippen LogP contribution in [0, 0.1) is 0 Å². The van der Waals surface area contributed by atoms with Gasteiger partial charge in [0.2, 0.25) is 0 Å². The van der Waals surface area contributed by atoms with E-state index in [1.54, 1.807) is 17.9 Å². The second-order valence-corrected chi connectivity index (χ2v) is 4.41. The number of alkyl halides is 3. The summed E-state index contributed by atoms with van der Waals surface area (Å²) in [6.07, 6.45) is 0.761. The van der Waals surface area contributed by atoms with Crippen LogP contribution in [0.2, 0.25) is 0 Å². The van der Waals surface area contributed by atoms with Crippen molar-refractivity contribution in [1.82, 2.24) is 15.1 Å². The van der Waals surface area contributed by atoms with Crippen LogP contribution in [0.15, 0.2) is 12.4 Å². The van der Waals surface area contributed by atoms with E-state index < -0.39 is 12.8 Å². The predicted octanol–water partition coefficient (Wildman–Crippen LogP) is 2.43. The first-order chi connectivity index (χ1) is 8.92. The van der Waals surface area contributed by atoms with Gasteiger partial charge >= 0.3 is 6.18 Å². The van der Waals surface area contributed by atoms with Crippen molar-refractivity contribution < 1.29 is 17.9 Å². The summed E-state index contributed by atoms with van der Waals surface area (Å²) in [5.41, 5.74) is 0.964. The molecule has 1 aromatic rings. The highest BCUT2D eigenvalue weighted by Gasteiger charge is 2.27. The molecule has 0 fully saturated rings. The topological polar surface area (TPSA) is 39.1 Å². The summed E-state index contributed by atoms with van der Waals surface area (Å²) in [6.45, 7) is 1.71. The van der Waals surface area contributed by atoms with Gasteiger partial charge in [0.05, 0.1) is 6.20 Å². The van der Waals surface area contributed by atoms with Crippen molar-refractivity contribution in [3.63, 3.8) is 0 Å². The zero-order valence-electron chi connectivity index (χ0n) is 11.2. The summed E-state index contributed by atoms with van der Waals surface area (Å²) in [5.74, 6) is 0. The van der Waals surface area contributed by atoms with Crippen molar-refractivity contribution in [2.45, 2.75) is 32.0 Å². The molecule has 0 aliphatic carbocycles. The van der Waals surface area contributed by atoms with Gasteiger partial charge in [0, 0.05) is 31.5 Å². The van der Waals surface area contributed by atoms with Gasteiger partial charge in [-0.05, 0) is 19.4 Å². The third-order valence-electron chi connectivity index (χ3n) is 2.58. The molecule has 1 unspecified atom stereocenters. The minimum atomic E-state index is -4.26. The molecule has 0 aliphatic rings. The van der Waals surface area contributed by atoms with Crippen LogP contribution in [0.3, 0.4) is 0 Å². The fraction of sp³-hybridized carbons (Fsp3) is 0.750. The van der Waals surface area contributed by atoms with Gasteiger partial charge in [-0.1, -0.05) is 6.92 Å². The third-order valence-corrected chi connectivity index (χ3v) is 2.58. The van der Waals surface area contributed by atoms with Crippen LogP contribution in [-0.4, -0.2) is 35.7 Å². The minimum Gasteiger partial charge on any atom is -0.372 e. The molecule has 0 saturated heterocycles. The number of halogens is 3. The van der Waals surface area contributed by atoms with E-state index in [2.05, 4.69) is 15.2 Å². The van der Waals surface area contributed by atoms with E-state index in [1.165, 1.54) is 0 Å². The molecule has 1 heterocycles. The fourth-order valence-electron chi connectivity index (χ4n) is 1.71. The maximum absolute atomic E-state index is 12.0. The van der Waals surface area contributed by atoms with Crippen LogP contribution in [0.25, 0.3) is 0 Å². The van der Waals surface area contributed by atoms with Gasteiger partial charge in [0.25, 0.3) is 0 Å². The Labute approximate surface area is 110 Å². The molecule has 1 N–H and O–H groups in total. The van der Waals surface area contributed by atoms with Crippen molar-refractivity contribution in [2.75, 3.05) is 19.8 Å². The summed E-state index contributed by atoms with van der Waals surface area (Å²) in [5, 5.41) is 7.35. The van der Waals surface area contributed by atoms with Crippen LogP contribution in [0.1, 0.15) is 31.4 Å². The Bertz CT molecular complexity index is 365. The standard InChI is InChI=1S/C12H20F3N3O/c1-3-5-16-11(10-7-17-18(2)8-10)4-6-19-9-12(13,14)15/h7-8,11,16H,3-6,9H2,1-2H3. The Morgan fingerprint density at radius 3 is 2.74 bits per heavy atom. The van der Waals surface area contributed by atoms with Crippen LogP contribution >= 0.6 is 0 Å². The molecule has 0 amide bonds. The fourth-order valence-corrected chi connectivity index (χ4v) is 1.71. The predicted molar refractivity (Wildman–Crippen MR) is 65.7 cm³/mol. The average Bonchev–Trinajstić information content (AvgIpc) is 2.73. The lowest BCUT2D eigenvalue weighted by atomic mass is 10.1. The summed E-state index contributed by atoms with van der Waals surface area (Å²) in [7, 11) is 1.81. The second-order valence-electron chi connectivity index (χ2n) is 4.41. The molecule has 7 heteroatoms. The smallest absolute Gasteiger partial charge is 0.372 e. The van der Waals surface area contributed by atoms with Gasteiger partial charge < -0.3 is 10.1 Å². The number of rotatable bonds is 8. The summed E-state index contributed by atoms with van der Waals surface area (Å²) < 4.78 is 42.2. The SMILES string of the molecule is CCCNC(CCOCC(F)(F)F)c1cnn(C)c1. The van der Waals surface area contributed by atoms with E-state index in [1.807, 2.05) is 13.1 Å². The summed E-state index contributed by atoms with van der Waals surface area (Å²) >= 11 is 0. The Hall–Kier alpha value is -1.08. The minimum absolute atomic E-state index is 0.0260. The highest BCUT2D eigenvalue weighted by atomic mass is 19.4. The Morgan fingerprint density at radius 2 is 2.21 bits per heavy atom. The molecule has 1 aromatic heterocycles. The molecule has 19 heavy (non-hydrogen) atoms.